The molecule has 0 saturated heterocycles. The van der Waals surface area contributed by atoms with Crippen LogP contribution in [-0.4, -0.2) is 100 Å². The number of hydrogen-bond donors (Lipinski definition) is 9. The molecule has 0 unspecified atom stereocenters. The summed E-state index contributed by atoms with van der Waals surface area (Å²) in [7, 11) is 0. The molecule has 0 aromatic rings. The van der Waals surface area contributed by atoms with Crippen LogP contribution in [-0.2, 0) is 38.4 Å². The summed E-state index contributed by atoms with van der Waals surface area (Å²) < 4.78 is 0. The molecule has 11 N–H and O–H groups in total. The van der Waals surface area contributed by atoms with Crippen molar-refractivity contribution >= 4 is 47.8 Å². The number of amides is 4. The number of carbonyl (C=O) groups excluding carboxylic acids is 5. The maximum absolute atomic E-state index is 12.5. The fraction of sp³-hybridized carbons (Fsp3) is 0.789. The van der Waals surface area contributed by atoms with E-state index in [1.807, 2.05) is 0 Å². The molecule has 4 amide bonds. The molecule has 0 aliphatic heterocycles. The molecule has 0 heterocycles. The number of hydrogen-bond acceptors (Lipinski definition) is 10. The van der Waals surface area contributed by atoms with Gasteiger partial charge in [0.2, 0.25) is 29.9 Å². The lowest BCUT2D eigenvalue weighted by Crippen LogP contribution is -2.44. The highest BCUT2D eigenvalue weighted by atomic mass is 16.4. The number of carboxylic acid groups (broad SMARTS) is 3. The second kappa shape index (κ2) is 33.2. The van der Waals surface area contributed by atoms with Gasteiger partial charge in [0.1, 0.15) is 12.1 Å². The highest BCUT2D eigenvalue weighted by molar-refractivity contribution is 5.86. The fourth-order valence-electron chi connectivity index (χ4n) is 5.76. The molecule has 55 heavy (non-hydrogen) atoms. The quantitative estimate of drug-likeness (QED) is 0.0410. The molecule has 17 nitrogen and oxygen atoms in total. The molecular formula is C38H67N6O11. The molecule has 0 aromatic heterocycles. The molecule has 0 aliphatic carbocycles. The van der Waals surface area contributed by atoms with Gasteiger partial charge in [-0.25, -0.2) is 9.59 Å². The first-order chi connectivity index (χ1) is 26.3. The van der Waals surface area contributed by atoms with Gasteiger partial charge < -0.3 is 48.1 Å². The first-order valence-corrected chi connectivity index (χ1v) is 20.0. The van der Waals surface area contributed by atoms with Crippen LogP contribution in [0, 0.1) is 0 Å². The molecule has 0 fully saturated rings. The molecule has 0 saturated carbocycles. The minimum atomic E-state index is -1.37. The zero-order chi connectivity index (χ0) is 41.3. The Morgan fingerprint density at radius 1 is 0.473 bits per heavy atom. The summed E-state index contributed by atoms with van der Waals surface area (Å²) in [6.07, 6.45) is 16.4. The Morgan fingerprint density at radius 3 is 1.36 bits per heavy atom. The van der Waals surface area contributed by atoms with Crippen LogP contribution in [0.1, 0.15) is 154 Å². The highest BCUT2D eigenvalue weighted by Crippen LogP contribution is 2.13. The van der Waals surface area contributed by atoms with Gasteiger partial charge in [-0.05, 0) is 64.2 Å². The molecular weight excluding hydrogens is 716 g/mol. The van der Waals surface area contributed by atoms with Crippen molar-refractivity contribution in [2.75, 3.05) is 13.1 Å². The summed E-state index contributed by atoms with van der Waals surface area (Å²) in [6, 6.07) is -4.01. The number of rotatable bonds is 37. The lowest BCUT2D eigenvalue weighted by molar-refractivity contribution is -0.143. The third-order valence-corrected chi connectivity index (χ3v) is 9.12. The van der Waals surface area contributed by atoms with E-state index >= 15 is 0 Å². The second-order valence-electron chi connectivity index (χ2n) is 14.1. The van der Waals surface area contributed by atoms with Crippen molar-refractivity contribution in [3.63, 3.8) is 0 Å². The number of aliphatic carboxylic acids is 3. The average Bonchev–Trinajstić information content (AvgIpc) is 3.13. The predicted molar refractivity (Wildman–Crippen MR) is 205 cm³/mol. The van der Waals surface area contributed by atoms with Gasteiger partial charge in [0.05, 0.1) is 12.1 Å². The first kappa shape index (κ1) is 50.9. The largest absolute Gasteiger partial charge is 0.481 e. The van der Waals surface area contributed by atoms with E-state index in [-0.39, 0.29) is 51.0 Å². The summed E-state index contributed by atoms with van der Waals surface area (Å²) in [5.74, 6) is -5.26. The Balaban J connectivity index is 4.16. The monoisotopic (exact) mass is 783 g/mol. The van der Waals surface area contributed by atoms with Gasteiger partial charge in [0.25, 0.3) is 0 Å². The van der Waals surface area contributed by atoms with Gasteiger partial charge >= 0.3 is 17.9 Å². The summed E-state index contributed by atoms with van der Waals surface area (Å²) in [6.45, 7) is 0.703. The van der Waals surface area contributed by atoms with Crippen LogP contribution in [0.4, 0.5) is 0 Å². The number of unbranched alkanes of at least 4 members (excludes halogenated alkanes) is 13. The van der Waals surface area contributed by atoms with Crippen LogP contribution in [0.2, 0.25) is 0 Å². The predicted octanol–water partition coefficient (Wildman–Crippen LogP) is 2.57. The molecule has 0 spiro atoms. The van der Waals surface area contributed by atoms with Crippen LogP contribution in [0.15, 0.2) is 0 Å². The number of nitrogens with two attached hydrogens (primary N) is 2. The van der Waals surface area contributed by atoms with Gasteiger partial charge in [0, 0.05) is 38.8 Å². The highest BCUT2D eigenvalue weighted by Gasteiger charge is 2.24. The molecule has 0 bridgehead atoms. The minimum Gasteiger partial charge on any atom is -0.481 e. The van der Waals surface area contributed by atoms with Gasteiger partial charge in [-0.3, -0.25) is 28.8 Å². The van der Waals surface area contributed by atoms with Crippen LogP contribution >= 0.6 is 0 Å². The van der Waals surface area contributed by atoms with Gasteiger partial charge in [-0.2, -0.15) is 0 Å². The standard InChI is InChI=1S/C38H67N6O11/c39-28(27-45)17-13-15-26-42-36(51)29(40)18-14-16-25-41-32(46)23-21-30(37(52)53)44-34(48)24-22-31(38(54)55)43-33(47)19-11-9-7-5-3-1-2-4-6-8-10-12-20-35(49)50/h28-31H,1-26,39-40H2,(H,41,46)(H,42,51)(H,43,47)(H,44,48)(H,49,50)(H,52,53)(H,54,55)/t28-,29-,30-,31-/m0/s1. The third-order valence-electron chi connectivity index (χ3n) is 9.12. The topological polar surface area (TPSA) is 297 Å². The van der Waals surface area contributed by atoms with Crippen molar-refractivity contribution in [1.29, 1.82) is 0 Å². The third kappa shape index (κ3) is 30.9. The summed E-state index contributed by atoms with van der Waals surface area (Å²) in [4.78, 5) is 93.5. The van der Waals surface area contributed by atoms with Crippen LogP contribution in [0.5, 0.6) is 0 Å². The van der Waals surface area contributed by atoms with E-state index in [1.54, 1.807) is 6.29 Å². The first-order valence-electron chi connectivity index (χ1n) is 20.0. The van der Waals surface area contributed by atoms with Crippen molar-refractivity contribution in [2.45, 2.75) is 178 Å². The van der Waals surface area contributed by atoms with Gasteiger partial charge in [0.15, 0.2) is 0 Å². The normalized spacial score (nSPS) is 13.1. The van der Waals surface area contributed by atoms with Crippen molar-refractivity contribution < 1.29 is 53.7 Å². The molecule has 0 aromatic carbocycles. The summed E-state index contributed by atoms with van der Waals surface area (Å²) in [5, 5.41) is 37.9. The van der Waals surface area contributed by atoms with Crippen LogP contribution in [0.25, 0.3) is 0 Å². The maximum Gasteiger partial charge on any atom is 0.326 e. The van der Waals surface area contributed by atoms with E-state index in [4.69, 9.17) is 16.6 Å². The van der Waals surface area contributed by atoms with Gasteiger partial charge in [-0.1, -0.05) is 64.2 Å². The van der Waals surface area contributed by atoms with Crippen molar-refractivity contribution in [1.82, 2.24) is 21.3 Å². The Kier molecular flexibility index (Phi) is 30.7. The van der Waals surface area contributed by atoms with E-state index in [1.165, 1.54) is 0 Å². The molecule has 0 aliphatic rings. The minimum absolute atomic E-state index is 0.160. The fourth-order valence-corrected chi connectivity index (χ4v) is 5.76. The summed E-state index contributed by atoms with van der Waals surface area (Å²) in [5.41, 5.74) is 11.4. The maximum atomic E-state index is 12.5. The van der Waals surface area contributed by atoms with E-state index in [0.717, 1.165) is 70.6 Å². The molecule has 4 atom stereocenters. The van der Waals surface area contributed by atoms with E-state index in [2.05, 4.69) is 21.3 Å². The Labute approximate surface area is 325 Å². The van der Waals surface area contributed by atoms with Crippen LogP contribution in [0.3, 0.4) is 0 Å². The lowest BCUT2D eigenvalue weighted by atomic mass is 10.0. The molecule has 315 valence electrons. The van der Waals surface area contributed by atoms with E-state index < -0.39 is 59.8 Å². The Hall–Kier alpha value is -4.12. The number of carbonyl (C=O) groups is 7. The van der Waals surface area contributed by atoms with Gasteiger partial charge in [-0.15, -0.1) is 0 Å². The van der Waals surface area contributed by atoms with Crippen LogP contribution < -0.4 is 32.7 Å². The lowest BCUT2D eigenvalue weighted by Gasteiger charge is -2.17. The average molecular weight is 784 g/mol. The van der Waals surface area contributed by atoms with Crippen molar-refractivity contribution in [3.8, 4) is 0 Å². The van der Waals surface area contributed by atoms with E-state index in [9.17, 15) is 48.6 Å². The number of nitrogens with one attached hydrogen (secondary N) is 4. The van der Waals surface area contributed by atoms with Crippen molar-refractivity contribution in [3.05, 3.63) is 0 Å². The van der Waals surface area contributed by atoms with Crippen molar-refractivity contribution in [2.24, 2.45) is 11.5 Å². The Morgan fingerprint density at radius 2 is 0.891 bits per heavy atom. The molecule has 0 rings (SSSR count). The molecule has 1 radical (unpaired) electrons. The smallest absolute Gasteiger partial charge is 0.326 e. The molecule has 17 heteroatoms. The zero-order valence-corrected chi connectivity index (χ0v) is 32.5. The second-order valence-corrected chi connectivity index (χ2v) is 14.1. The zero-order valence-electron chi connectivity index (χ0n) is 32.5. The Bertz CT molecular complexity index is 1160. The summed E-state index contributed by atoms with van der Waals surface area (Å²) >= 11 is 0. The number of carboxylic acids is 3. The van der Waals surface area contributed by atoms with E-state index in [0.29, 0.717) is 51.5 Å². The SMILES string of the molecule is N[C@H]([C]=O)CCCCNC(=O)[C@@H](N)CCCCNC(=O)CC[C@H](NC(=O)CC[C@H](NC(=O)CCCCCCCCCCCCCCC(=O)O)C(=O)O)C(=O)O.